The third kappa shape index (κ3) is 1.84. The Labute approximate surface area is 119 Å². The molecule has 4 aromatic rings. The first-order valence-corrected chi connectivity index (χ1v) is 7.23. The molecule has 3 heteroatoms. The van der Waals surface area contributed by atoms with Crippen molar-refractivity contribution < 1.29 is 0 Å². The van der Waals surface area contributed by atoms with Crippen molar-refractivity contribution in [3.63, 3.8) is 0 Å². The molecule has 0 spiro atoms. The van der Waals surface area contributed by atoms with Crippen LogP contribution in [0.25, 0.3) is 31.4 Å². The Balaban J connectivity index is 1.92. The standard InChI is InChI=1S/C17H11NOS/c19-17-8-6-11-9-13(5-7-14(11)18-17)16-10-12-3-1-2-4-15(12)20-16/h1-10H,(H,18,19). The molecule has 0 bridgehead atoms. The van der Waals surface area contributed by atoms with Crippen LogP contribution in [0.5, 0.6) is 0 Å². The predicted octanol–water partition coefficient (Wildman–Crippen LogP) is 4.41. The number of aromatic amines is 1. The van der Waals surface area contributed by atoms with E-state index in [1.54, 1.807) is 17.4 Å². The molecule has 1 N–H and O–H groups in total. The zero-order valence-electron chi connectivity index (χ0n) is 10.6. The number of aromatic nitrogens is 1. The molecule has 0 radical (unpaired) electrons. The SMILES string of the molecule is O=c1ccc2cc(-c3cc4ccccc4s3)ccc2[nH]1. The molecule has 2 heterocycles. The van der Waals surface area contributed by atoms with Gasteiger partial charge in [-0.3, -0.25) is 4.79 Å². The molecule has 0 aliphatic heterocycles. The van der Waals surface area contributed by atoms with E-state index in [1.807, 2.05) is 12.1 Å². The number of benzene rings is 2. The highest BCUT2D eigenvalue weighted by atomic mass is 32.1. The fraction of sp³-hybridized carbons (Fsp3) is 0. The summed E-state index contributed by atoms with van der Waals surface area (Å²) in [5.41, 5.74) is 2.00. The molecule has 2 nitrogen and oxygen atoms in total. The fourth-order valence-corrected chi connectivity index (χ4v) is 3.49. The van der Waals surface area contributed by atoms with Crippen molar-refractivity contribution in [3.05, 3.63) is 71.0 Å². The minimum Gasteiger partial charge on any atom is -0.322 e. The van der Waals surface area contributed by atoms with Crippen LogP contribution >= 0.6 is 11.3 Å². The van der Waals surface area contributed by atoms with Gasteiger partial charge in [0.05, 0.1) is 0 Å². The molecule has 20 heavy (non-hydrogen) atoms. The Morgan fingerprint density at radius 3 is 2.65 bits per heavy atom. The maximum atomic E-state index is 11.3. The minimum absolute atomic E-state index is 0.0629. The Bertz CT molecular complexity index is 948. The van der Waals surface area contributed by atoms with Gasteiger partial charge in [0.1, 0.15) is 0 Å². The lowest BCUT2D eigenvalue weighted by molar-refractivity contribution is 1.31. The highest BCUT2D eigenvalue weighted by Gasteiger charge is 2.05. The summed E-state index contributed by atoms with van der Waals surface area (Å²) < 4.78 is 1.30. The Hall–Kier alpha value is -2.39. The van der Waals surface area contributed by atoms with Crippen LogP contribution in [0.3, 0.4) is 0 Å². The van der Waals surface area contributed by atoms with Gasteiger partial charge in [0.2, 0.25) is 5.56 Å². The molecule has 2 aromatic carbocycles. The van der Waals surface area contributed by atoms with Crippen LogP contribution in [-0.2, 0) is 0 Å². The molecule has 0 saturated heterocycles. The van der Waals surface area contributed by atoms with E-state index in [-0.39, 0.29) is 5.56 Å². The van der Waals surface area contributed by atoms with Crippen molar-refractivity contribution >= 4 is 32.3 Å². The number of hydrogen-bond acceptors (Lipinski definition) is 2. The molecule has 0 fully saturated rings. The minimum atomic E-state index is -0.0629. The average molecular weight is 277 g/mol. The monoisotopic (exact) mass is 277 g/mol. The van der Waals surface area contributed by atoms with Crippen LogP contribution in [0, 0.1) is 0 Å². The van der Waals surface area contributed by atoms with Gasteiger partial charge in [-0.25, -0.2) is 0 Å². The van der Waals surface area contributed by atoms with Crippen LogP contribution in [0.1, 0.15) is 0 Å². The van der Waals surface area contributed by atoms with E-state index in [1.165, 1.54) is 20.5 Å². The number of H-pyrrole nitrogens is 1. The van der Waals surface area contributed by atoms with Gasteiger partial charge in [-0.05, 0) is 46.7 Å². The van der Waals surface area contributed by atoms with Crippen LogP contribution < -0.4 is 5.56 Å². The Morgan fingerprint density at radius 2 is 1.75 bits per heavy atom. The molecular formula is C17H11NOS. The van der Waals surface area contributed by atoms with Gasteiger partial charge >= 0.3 is 0 Å². The molecule has 2 aromatic heterocycles. The second-order valence-electron chi connectivity index (χ2n) is 4.77. The fourth-order valence-electron chi connectivity index (χ4n) is 2.43. The van der Waals surface area contributed by atoms with E-state index in [2.05, 4.69) is 47.4 Å². The highest BCUT2D eigenvalue weighted by molar-refractivity contribution is 7.22. The van der Waals surface area contributed by atoms with Gasteiger partial charge in [-0.1, -0.05) is 24.3 Å². The van der Waals surface area contributed by atoms with Gasteiger partial charge in [-0.2, -0.15) is 0 Å². The van der Waals surface area contributed by atoms with Crippen molar-refractivity contribution in [3.8, 4) is 10.4 Å². The summed E-state index contributed by atoms with van der Waals surface area (Å²) in [5, 5.41) is 2.33. The molecule has 4 rings (SSSR count). The summed E-state index contributed by atoms with van der Waals surface area (Å²) in [5.74, 6) is 0. The third-order valence-corrected chi connectivity index (χ3v) is 4.60. The molecule has 0 aliphatic carbocycles. The van der Waals surface area contributed by atoms with Crippen molar-refractivity contribution in [2.24, 2.45) is 0 Å². The van der Waals surface area contributed by atoms with Crippen LogP contribution in [0.4, 0.5) is 0 Å². The lowest BCUT2D eigenvalue weighted by Crippen LogP contribution is -2.01. The van der Waals surface area contributed by atoms with Crippen LogP contribution in [-0.4, -0.2) is 4.98 Å². The molecular weight excluding hydrogens is 266 g/mol. The van der Waals surface area contributed by atoms with Crippen molar-refractivity contribution in [1.29, 1.82) is 0 Å². The Kier molecular flexibility index (Phi) is 2.47. The normalized spacial score (nSPS) is 11.2. The van der Waals surface area contributed by atoms with E-state index in [4.69, 9.17) is 0 Å². The second kappa shape index (κ2) is 4.32. The van der Waals surface area contributed by atoms with E-state index in [0.29, 0.717) is 0 Å². The smallest absolute Gasteiger partial charge is 0.248 e. The zero-order valence-corrected chi connectivity index (χ0v) is 11.4. The van der Waals surface area contributed by atoms with Gasteiger partial charge in [-0.15, -0.1) is 11.3 Å². The van der Waals surface area contributed by atoms with Gasteiger partial charge in [0.25, 0.3) is 0 Å². The zero-order chi connectivity index (χ0) is 13.5. The summed E-state index contributed by atoms with van der Waals surface area (Å²) in [6.45, 7) is 0. The summed E-state index contributed by atoms with van der Waals surface area (Å²) in [4.78, 5) is 15.4. The molecule has 0 amide bonds. The lowest BCUT2D eigenvalue weighted by atomic mass is 10.1. The maximum Gasteiger partial charge on any atom is 0.248 e. The van der Waals surface area contributed by atoms with E-state index >= 15 is 0 Å². The first-order chi connectivity index (χ1) is 9.79. The van der Waals surface area contributed by atoms with Gasteiger partial charge in [0, 0.05) is 21.2 Å². The number of fused-ring (bicyclic) bond motifs is 2. The van der Waals surface area contributed by atoms with Gasteiger partial charge < -0.3 is 4.98 Å². The molecule has 96 valence electrons. The second-order valence-corrected chi connectivity index (χ2v) is 5.86. The van der Waals surface area contributed by atoms with Crippen molar-refractivity contribution in [2.45, 2.75) is 0 Å². The Morgan fingerprint density at radius 1 is 0.850 bits per heavy atom. The number of nitrogens with one attached hydrogen (secondary N) is 1. The number of pyridine rings is 1. The van der Waals surface area contributed by atoms with Crippen molar-refractivity contribution in [1.82, 2.24) is 4.98 Å². The number of thiophene rings is 1. The molecule has 0 saturated carbocycles. The first kappa shape index (κ1) is 11.4. The van der Waals surface area contributed by atoms with E-state index < -0.39 is 0 Å². The summed E-state index contributed by atoms with van der Waals surface area (Å²) >= 11 is 1.79. The quantitative estimate of drug-likeness (QED) is 0.549. The van der Waals surface area contributed by atoms with E-state index in [9.17, 15) is 4.79 Å². The third-order valence-electron chi connectivity index (χ3n) is 3.43. The largest absolute Gasteiger partial charge is 0.322 e. The number of hydrogen-bond donors (Lipinski definition) is 1. The summed E-state index contributed by atoms with van der Waals surface area (Å²) in [6, 6.07) is 20.2. The van der Waals surface area contributed by atoms with E-state index in [0.717, 1.165) is 10.9 Å². The van der Waals surface area contributed by atoms with Crippen molar-refractivity contribution in [2.75, 3.05) is 0 Å². The summed E-state index contributed by atoms with van der Waals surface area (Å²) in [6.07, 6.45) is 0. The highest BCUT2D eigenvalue weighted by Crippen LogP contribution is 2.34. The van der Waals surface area contributed by atoms with Crippen LogP contribution in [0.2, 0.25) is 0 Å². The molecule has 0 aliphatic rings. The van der Waals surface area contributed by atoms with Gasteiger partial charge in [0.15, 0.2) is 0 Å². The molecule has 0 unspecified atom stereocenters. The average Bonchev–Trinajstić information content (AvgIpc) is 2.90. The summed E-state index contributed by atoms with van der Waals surface area (Å²) in [7, 11) is 0. The maximum absolute atomic E-state index is 11.3. The van der Waals surface area contributed by atoms with Crippen LogP contribution in [0.15, 0.2) is 65.5 Å². The first-order valence-electron chi connectivity index (χ1n) is 6.42. The number of rotatable bonds is 1. The molecule has 0 atom stereocenters. The topological polar surface area (TPSA) is 32.9 Å². The lowest BCUT2D eigenvalue weighted by Gasteiger charge is -2.00. The predicted molar refractivity (Wildman–Crippen MR) is 85.4 cm³/mol.